The summed E-state index contributed by atoms with van der Waals surface area (Å²) in [4.78, 5) is 0. The fraction of sp³-hybridized carbons (Fsp3) is 0.400. The highest BCUT2D eigenvalue weighted by Crippen LogP contribution is 2.09. The summed E-state index contributed by atoms with van der Waals surface area (Å²) in [6, 6.07) is 6.05. The minimum atomic E-state index is -0.611. The Morgan fingerprint density at radius 3 is 2.62 bits per heavy atom. The van der Waals surface area contributed by atoms with Crippen molar-refractivity contribution in [2.75, 3.05) is 0 Å². The lowest BCUT2D eigenvalue weighted by atomic mass is 10.0. The van der Waals surface area contributed by atoms with Gasteiger partial charge < -0.3 is 10.8 Å². The lowest BCUT2D eigenvalue weighted by molar-refractivity contribution is 0.163. The maximum atomic E-state index is 13.1. The molecule has 0 bridgehead atoms. The molecule has 0 aliphatic heterocycles. The monoisotopic (exact) mass is 183 g/mol. The summed E-state index contributed by atoms with van der Waals surface area (Å²) in [7, 11) is 0. The summed E-state index contributed by atoms with van der Waals surface area (Å²) in [6.45, 7) is 1.60. The van der Waals surface area contributed by atoms with Gasteiger partial charge in [0.15, 0.2) is 0 Å². The van der Waals surface area contributed by atoms with Crippen LogP contribution in [0.4, 0.5) is 4.39 Å². The van der Waals surface area contributed by atoms with E-state index in [1.807, 2.05) is 0 Å². The number of rotatable bonds is 3. The van der Waals surface area contributed by atoms with E-state index in [0.717, 1.165) is 0 Å². The molecule has 3 N–H and O–H groups in total. The minimum Gasteiger partial charge on any atom is -0.392 e. The molecular weight excluding hydrogens is 169 g/mol. The summed E-state index contributed by atoms with van der Waals surface area (Å²) in [5.74, 6) is -0.265. The molecule has 2 atom stereocenters. The number of aliphatic hydroxyl groups is 1. The number of hydrogen-bond donors (Lipinski definition) is 2. The molecule has 1 aromatic carbocycles. The average Bonchev–Trinajstić information content (AvgIpc) is 2.08. The molecule has 0 aromatic heterocycles. The first-order valence-electron chi connectivity index (χ1n) is 4.28. The molecule has 0 aliphatic rings. The van der Waals surface area contributed by atoms with Crippen LogP contribution >= 0.6 is 0 Å². The first-order valence-corrected chi connectivity index (χ1v) is 4.28. The van der Waals surface area contributed by atoms with Crippen LogP contribution in [0.1, 0.15) is 12.5 Å². The number of benzene rings is 1. The molecule has 0 aliphatic carbocycles. The molecule has 0 fully saturated rings. The smallest absolute Gasteiger partial charge is 0.126 e. The molecule has 0 amide bonds. The quantitative estimate of drug-likeness (QED) is 0.736. The zero-order valence-corrected chi connectivity index (χ0v) is 7.57. The Hall–Kier alpha value is -0.930. The van der Waals surface area contributed by atoms with Gasteiger partial charge in [0.2, 0.25) is 0 Å². The number of nitrogens with two attached hydrogens (primary N) is 1. The highest BCUT2D eigenvalue weighted by molar-refractivity contribution is 5.18. The van der Waals surface area contributed by atoms with Crippen molar-refractivity contribution in [3.05, 3.63) is 35.6 Å². The molecule has 0 saturated carbocycles. The van der Waals surface area contributed by atoms with E-state index in [2.05, 4.69) is 0 Å². The summed E-state index contributed by atoms with van der Waals surface area (Å²) >= 11 is 0. The Kier molecular flexibility index (Phi) is 3.39. The number of hydrogen-bond acceptors (Lipinski definition) is 2. The molecule has 1 aromatic rings. The number of aliphatic hydroxyl groups excluding tert-OH is 1. The van der Waals surface area contributed by atoms with Crippen molar-refractivity contribution in [2.45, 2.75) is 25.5 Å². The summed E-state index contributed by atoms with van der Waals surface area (Å²) in [6.07, 6.45) is -0.246. The Morgan fingerprint density at radius 2 is 2.08 bits per heavy atom. The predicted octanol–water partition coefficient (Wildman–Crippen LogP) is 1.08. The van der Waals surface area contributed by atoms with Gasteiger partial charge in [0.1, 0.15) is 5.82 Å². The molecule has 2 nitrogen and oxygen atoms in total. The van der Waals surface area contributed by atoms with E-state index in [0.29, 0.717) is 12.0 Å². The summed E-state index contributed by atoms with van der Waals surface area (Å²) in [5.41, 5.74) is 6.15. The molecule has 0 spiro atoms. The number of halogens is 1. The van der Waals surface area contributed by atoms with Crippen LogP contribution in [0.2, 0.25) is 0 Å². The second-order valence-electron chi connectivity index (χ2n) is 3.20. The van der Waals surface area contributed by atoms with Crippen LogP contribution in [0.25, 0.3) is 0 Å². The van der Waals surface area contributed by atoms with E-state index in [1.165, 1.54) is 6.07 Å². The van der Waals surface area contributed by atoms with Gasteiger partial charge in [0.25, 0.3) is 0 Å². The molecule has 0 radical (unpaired) electrons. The predicted molar refractivity (Wildman–Crippen MR) is 49.8 cm³/mol. The van der Waals surface area contributed by atoms with E-state index < -0.39 is 12.1 Å². The standard InChI is InChI=1S/C10H14FNO/c1-7(13)10(12)6-8-4-2-3-5-9(8)11/h2-5,7,10,13H,6,12H2,1H3. The molecule has 13 heavy (non-hydrogen) atoms. The average molecular weight is 183 g/mol. The Balaban J connectivity index is 2.69. The maximum Gasteiger partial charge on any atom is 0.126 e. The molecule has 0 heterocycles. The van der Waals surface area contributed by atoms with Crippen LogP contribution in [-0.2, 0) is 6.42 Å². The van der Waals surface area contributed by atoms with Crippen LogP contribution in [0.3, 0.4) is 0 Å². The molecular formula is C10H14FNO. The Labute approximate surface area is 77.2 Å². The zero-order valence-electron chi connectivity index (χ0n) is 7.57. The van der Waals surface area contributed by atoms with Crippen molar-refractivity contribution >= 4 is 0 Å². The molecule has 3 heteroatoms. The molecule has 1 rings (SSSR count). The van der Waals surface area contributed by atoms with Crippen LogP contribution in [0, 0.1) is 5.82 Å². The van der Waals surface area contributed by atoms with Gasteiger partial charge in [-0.3, -0.25) is 0 Å². The van der Waals surface area contributed by atoms with Crippen molar-refractivity contribution in [3.8, 4) is 0 Å². The third kappa shape index (κ3) is 2.79. The van der Waals surface area contributed by atoms with Crippen molar-refractivity contribution in [1.82, 2.24) is 0 Å². The lowest BCUT2D eigenvalue weighted by Gasteiger charge is -2.14. The minimum absolute atomic E-state index is 0.265. The van der Waals surface area contributed by atoms with Crippen molar-refractivity contribution in [2.24, 2.45) is 5.73 Å². The van der Waals surface area contributed by atoms with Crippen LogP contribution in [0.15, 0.2) is 24.3 Å². The zero-order chi connectivity index (χ0) is 9.84. The second kappa shape index (κ2) is 4.35. The molecule has 0 saturated heterocycles. The third-order valence-corrected chi connectivity index (χ3v) is 2.03. The highest BCUT2D eigenvalue weighted by atomic mass is 19.1. The van der Waals surface area contributed by atoms with E-state index in [-0.39, 0.29) is 5.82 Å². The van der Waals surface area contributed by atoms with Gasteiger partial charge in [-0.1, -0.05) is 18.2 Å². The van der Waals surface area contributed by atoms with E-state index in [4.69, 9.17) is 10.8 Å². The SMILES string of the molecule is CC(O)C(N)Cc1ccccc1F. The van der Waals surface area contributed by atoms with Gasteiger partial charge in [-0.2, -0.15) is 0 Å². The van der Waals surface area contributed by atoms with E-state index in [1.54, 1.807) is 25.1 Å². The second-order valence-corrected chi connectivity index (χ2v) is 3.20. The van der Waals surface area contributed by atoms with Gasteiger partial charge in [-0.15, -0.1) is 0 Å². The van der Waals surface area contributed by atoms with Gasteiger partial charge in [-0.05, 0) is 25.0 Å². The van der Waals surface area contributed by atoms with Crippen molar-refractivity contribution in [1.29, 1.82) is 0 Å². The van der Waals surface area contributed by atoms with E-state index >= 15 is 0 Å². The van der Waals surface area contributed by atoms with Gasteiger partial charge in [-0.25, -0.2) is 4.39 Å². The third-order valence-electron chi connectivity index (χ3n) is 2.03. The fourth-order valence-electron chi connectivity index (χ4n) is 1.09. The van der Waals surface area contributed by atoms with Crippen LogP contribution in [-0.4, -0.2) is 17.3 Å². The van der Waals surface area contributed by atoms with Crippen molar-refractivity contribution in [3.63, 3.8) is 0 Å². The van der Waals surface area contributed by atoms with Gasteiger partial charge in [0.05, 0.1) is 6.10 Å². The largest absolute Gasteiger partial charge is 0.392 e. The Bertz CT molecular complexity index is 275. The topological polar surface area (TPSA) is 46.2 Å². The normalized spacial score (nSPS) is 15.4. The Morgan fingerprint density at radius 1 is 1.46 bits per heavy atom. The van der Waals surface area contributed by atoms with Gasteiger partial charge in [0, 0.05) is 6.04 Å². The molecule has 72 valence electrons. The maximum absolute atomic E-state index is 13.1. The fourth-order valence-corrected chi connectivity index (χ4v) is 1.09. The lowest BCUT2D eigenvalue weighted by Crippen LogP contribution is -2.34. The summed E-state index contributed by atoms with van der Waals surface area (Å²) < 4.78 is 13.1. The summed E-state index contributed by atoms with van der Waals surface area (Å²) in [5, 5.41) is 9.13. The first kappa shape index (κ1) is 10.2. The van der Waals surface area contributed by atoms with Crippen LogP contribution < -0.4 is 5.73 Å². The van der Waals surface area contributed by atoms with E-state index in [9.17, 15) is 4.39 Å². The molecule has 2 unspecified atom stereocenters. The van der Waals surface area contributed by atoms with Crippen LogP contribution in [0.5, 0.6) is 0 Å². The first-order chi connectivity index (χ1) is 6.11. The van der Waals surface area contributed by atoms with Crippen molar-refractivity contribution < 1.29 is 9.50 Å². The van der Waals surface area contributed by atoms with Gasteiger partial charge >= 0.3 is 0 Å². The highest BCUT2D eigenvalue weighted by Gasteiger charge is 2.11.